The first-order chi connectivity index (χ1) is 11.5. The normalized spacial score (nSPS) is 15.5. The van der Waals surface area contributed by atoms with Crippen molar-refractivity contribution in [3.63, 3.8) is 0 Å². The molecule has 0 N–H and O–H groups in total. The number of benzene rings is 1. The predicted molar refractivity (Wildman–Crippen MR) is 93.0 cm³/mol. The Bertz CT molecular complexity index is 813. The summed E-state index contributed by atoms with van der Waals surface area (Å²) in [7, 11) is -3.19. The molecule has 1 aliphatic heterocycles. The molecule has 0 unspecified atom stereocenters. The minimum Gasteiger partial charge on any atom is -0.378 e. The maximum atomic E-state index is 11.6. The van der Waals surface area contributed by atoms with Crippen molar-refractivity contribution in [1.82, 2.24) is 9.97 Å². The molecular weight excluding hydrogens is 326 g/mol. The van der Waals surface area contributed by atoms with Crippen LogP contribution in [0.1, 0.15) is 12.6 Å². The highest BCUT2D eigenvalue weighted by molar-refractivity contribution is 7.90. The van der Waals surface area contributed by atoms with E-state index in [1.807, 2.05) is 6.07 Å². The first-order valence-corrected chi connectivity index (χ1v) is 9.87. The Kier molecular flexibility index (Phi) is 4.82. The number of hydrogen-bond acceptors (Lipinski definition) is 6. The maximum Gasteiger partial charge on any atom is 0.226 e. The van der Waals surface area contributed by atoms with Gasteiger partial charge in [0, 0.05) is 30.6 Å². The fourth-order valence-corrected chi connectivity index (χ4v) is 3.22. The van der Waals surface area contributed by atoms with E-state index >= 15 is 0 Å². The zero-order valence-corrected chi connectivity index (χ0v) is 14.7. The molecule has 2 aromatic rings. The standard InChI is InChI=1S/C17H21N3O3S/c1-3-14-12-16(13-4-6-15(7-5-13)24(2,21)22)19-17(18-14)20-8-10-23-11-9-20/h4-7,12H,3,8-11H2,1-2H3. The van der Waals surface area contributed by atoms with Crippen molar-refractivity contribution >= 4 is 15.8 Å². The van der Waals surface area contributed by atoms with Crippen molar-refractivity contribution in [3.8, 4) is 11.3 Å². The summed E-state index contributed by atoms with van der Waals surface area (Å²) in [6.45, 7) is 4.97. The number of sulfone groups is 1. The van der Waals surface area contributed by atoms with Gasteiger partial charge in [-0.15, -0.1) is 0 Å². The molecule has 1 saturated heterocycles. The minimum atomic E-state index is -3.19. The van der Waals surface area contributed by atoms with Crippen molar-refractivity contribution in [1.29, 1.82) is 0 Å². The first-order valence-electron chi connectivity index (χ1n) is 7.98. The van der Waals surface area contributed by atoms with Crippen LogP contribution in [0.2, 0.25) is 0 Å². The van der Waals surface area contributed by atoms with Gasteiger partial charge in [0.2, 0.25) is 5.95 Å². The van der Waals surface area contributed by atoms with Crippen LogP contribution in [-0.2, 0) is 21.0 Å². The van der Waals surface area contributed by atoms with Gasteiger partial charge in [0.05, 0.1) is 23.8 Å². The van der Waals surface area contributed by atoms with Crippen LogP contribution in [0.4, 0.5) is 5.95 Å². The molecule has 24 heavy (non-hydrogen) atoms. The van der Waals surface area contributed by atoms with Gasteiger partial charge in [0.15, 0.2) is 9.84 Å². The summed E-state index contributed by atoms with van der Waals surface area (Å²) in [5, 5.41) is 0. The molecule has 1 aromatic carbocycles. The first kappa shape index (κ1) is 16.9. The fourth-order valence-electron chi connectivity index (χ4n) is 2.59. The molecular formula is C17H21N3O3S. The molecule has 128 valence electrons. The lowest BCUT2D eigenvalue weighted by Gasteiger charge is -2.27. The van der Waals surface area contributed by atoms with Crippen LogP contribution in [0.15, 0.2) is 35.2 Å². The smallest absolute Gasteiger partial charge is 0.226 e. The highest BCUT2D eigenvalue weighted by Gasteiger charge is 2.16. The maximum absolute atomic E-state index is 11.6. The van der Waals surface area contributed by atoms with Gasteiger partial charge in [-0.2, -0.15) is 0 Å². The molecule has 1 fully saturated rings. The van der Waals surface area contributed by atoms with E-state index in [1.165, 1.54) is 6.26 Å². The quantitative estimate of drug-likeness (QED) is 0.842. The Labute approximate surface area is 142 Å². The van der Waals surface area contributed by atoms with E-state index in [0.717, 1.165) is 36.5 Å². The zero-order valence-electron chi connectivity index (χ0n) is 13.9. The Morgan fingerprint density at radius 3 is 2.38 bits per heavy atom. The highest BCUT2D eigenvalue weighted by atomic mass is 32.2. The molecule has 0 spiro atoms. The topological polar surface area (TPSA) is 72.4 Å². The molecule has 0 amide bonds. The zero-order chi connectivity index (χ0) is 17.2. The van der Waals surface area contributed by atoms with Gasteiger partial charge in [0.1, 0.15) is 0 Å². The van der Waals surface area contributed by atoms with Gasteiger partial charge in [-0.3, -0.25) is 0 Å². The lowest BCUT2D eigenvalue weighted by molar-refractivity contribution is 0.122. The Balaban J connectivity index is 1.97. The number of aryl methyl sites for hydroxylation is 1. The third-order valence-corrected chi connectivity index (χ3v) is 5.13. The Morgan fingerprint density at radius 1 is 1.12 bits per heavy atom. The van der Waals surface area contributed by atoms with Gasteiger partial charge >= 0.3 is 0 Å². The van der Waals surface area contributed by atoms with Gasteiger partial charge < -0.3 is 9.64 Å². The average Bonchev–Trinajstić information content (AvgIpc) is 2.61. The van der Waals surface area contributed by atoms with Gasteiger partial charge in [-0.1, -0.05) is 19.1 Å². The lowest BCUT2D eigenvalue weighted by atomic mass is 10.1. The van der Waals surface area contributed by atoms with E-state index in [2.05, 4.69) is 21.8 Å². The minimum absolute atomic E-state index is 0.310. The van der Waals surface area contributed by atoms with Crippen LogP contribution >= 0.6 is 0 Å². The van der Waals surface area contributed by atoms with Crippen molar-refractivity contribution in [2.75, 3.05) is 37.5 Å². The summed E-state index contributed by atoms with van der Waals surface area (Å²) in [5.74, 6) is 0.708. The van der Waals surface area contributed by atoms with Gasteiger partial charge in [-0.05, 0) is 24.6 Å². The number of nitrogens with zero attached hydrogens (tertiary/aromatic N) is 3. The van der Waals surface area contributed by atoms with Crippen LogP contribution in [-0.4, -0.2) is 50.9 Å². The predicted octanol–water partition coefficient (Wildman–Crippen LogP) is 1.95. The monoisotopic (exact) mass is 347 g/mol. The summed E-state index contributed by atoms with van der Waals surface area (Å²) in [6, 6.07) is 8.78. The second-order valence-electron chi connectivity index (χ2n) is 5.79. The SMILES string of the molecule is CCc1cc(-c2ccc(S(C)(=O)=O)cc2)nc(N2CCOCC2)n1. The molecule has 0 atom stereocenters. The summed E-state index contributed by atoms with van der Waals surface area (Å²) >= 11 is 0. The molecule has 0 bridgehead atoms. The van der Waals surface area contributed by atoms with E-state index in [4.69, 9.17) is 4.74 Å². The largest absolute Gasteiger partial charge is 0.378 e. The van der Waals surface area contributed by atoms with Crippen LogP contribution in [0.3, 0.4) is 0 Å². The molecule has 2 heterocycles. The number of morpholine rings is 1. The van der Waals surface area contributed by atoms with E-state index in [0.29, 0.717) is 24.1 Å². The number of hydrogen-bond donors (Lipinski definition) is 0. The van der Waals surface area contributed by atoms with Crippen molar-refractivity contribution in [3.05, 3.63) is 36.0 Å². The Morgan fingerprint density at radius 2 is 1.79 bits per heavy atom. The van der Waals surface area contributed by atoms with Crippen molar-refractivity contribution < 1.29 is 13.2 Å². The van der Waals surface area contributed by atoms with E-state index in [1.54, 1.807) is 24.3 Å². The van der Waals surface area contributed by atoms with Crippen LogP contribution in [0.5, 0.6) is 0 Å². The third kappa shape index (κ3) is 3.73. The van der Waals surface area contributed by atoms with Crippen molar-refractivity contribution in [2.24, 2.45) is 0 Å². The number of ether oxygens (including phenoxy) is 1. The van der Waals surface area contributed by atoms with Crippen LogP contribution in [0, 0.1) is 0 Å². The van der Waals surface area contributed by atoms with Crippen LogP contribution in [0.25, 0.3) is 11.3 Å². The molecule has 3 rings (SSSR count). The van der Waals surface area contributed by atoms with Crippen LogP contribution < -0.4 is 4.90 Å². The van der Waals surface area contributed by atoms with E-state index in [9.17, 15) is 8.42 Å². The Hall–Kier alpha value is -1.99. The fraction of sp³-hybridized carbons (Fsp3) is 0.412. The van der Waals surface area contributed by atoms with E-state index < -0.39 is 9.84 Å². The number of aromatic nitrogens is 2. The summed E-state index contributed by atoms with van der Waals surface area (Å²) in [6.07, 6.45) is 2.02. The molecule has 0 saturated carbocycles. The highest BCUT2D eigenvalue weighted by Crippen LogP contribution is 2.23. The summed E-state index contributed by atoms with van der Waals surface area (Å²) < 4.78 is 28.6. The summed E-state index contributed by atoms with van der Waals surface area (Å²) in [4.78, 5) is 11.7. The molecule has 1 aliphatic rings. The number of anilines is 1. The van der Waals surface area contributed by atoms with Gasteiger partial charge in [-0.25, -0.2) is 18.4 Å². The van der Waals surface area contributed by atoms with E-state index in [-0.39, 0.29) is 0 Å². The molecule has 0 aliphatic carbocycles. The lowest BCUT2D eigenvalue weighted by Crippen LogP contribution is -2.37. The second kappa shape index (κ2) is 6.86. The second-order valence-corrected chi connectivity index (χ2v) is 7.81. The number of rotatable bonds is 4. The molecule has 0 radical (unpaired) electrons. The van der Waals surface area contributed by atoms with Crippen molar-refractivity contribution in [2.45, 2.75) is 18.2 Å². The summed E-state index contributed by atoms with van der Waals surface area (Å²) in [5.41, 5.74) is 2.66. The average molecular weight is 347 g/mol. The molecule has 6 nitrogen and oxygen atoms in total. The van der Waals surface area contributed by atoms with Gasteiger partial charge in [0.25, 0.3) is 0 Å². The molecule has 7 heteroatoms. The molecule has 1 aromatic heterocycles. The third-order valence-electron chi connectivity index (χ3n) is 4.00.